The second kappa shape index (κ2) is 6.22. The summed E-state index contributed by atoms with van der Waals surface area (Å²) in [5.74, 6) is 0. The lowest BCUT2D eigenvalue weighted by molar-refractivity contribution is -0.0126. The fourth-order valence-corrected chi connectivity index (χ4v) is 0.851. The van der Waals surface area contributed by atoms with Gasteiger partial charge in [-0.2, -0.15) is 0 Å². The first-order chi connectivity index (χ1) is 6.51. The Kier molecular flexibility index (Phi) is 5.65. The molecule has 0 aliphatic rings. The molecule has 0 spiro atoms. The predicted octanol–water partition coefficient (Wildman–Crippen LogP) is -1.07. The zero-order valence-corrected chi connectivity index (χ0v) is 8.07. The number of hydrogen-bond acceptors (Lipinski definition) is 6. The standard InChI is InChI=1S/C6H14N4O4/c1-9(7-13)3-5(11)6(12)4-10(2)8-14/h5-6,11-12H,3-4H2,1-2H3/t5-,6-/m1/s1. The van der Waals surface area contributed by atoms with E-state index in [1.165, 1.54) is 14.1 Å². The van der Waals surface area contributed by atoms with Gasteiger partial charge in [-0.1, -0.05) is 0 Å². The van der Waals surface area contributed by atoms with Gasteiger partial charge in [-0.25, -0.2) is 0 Å². The topological polar surface area (TPSA) is 106 Å². The zero-order chi connectivity index (χ0) is 11.1. The van der Waals surface area contributed by atoms with Crippen LogP contribution in [0.3, 0.4) is 0 Å². The van der Waals surface area contributed by atoms with Crippen LogP contribution in [0.4, 0.5) is 0 Å². The normalized spacial score (nSPS) is 14.3. The van der Waals surface area contributed by atoms with Crippen molar-refractivity contribution in [3.8, 4) is 0 Å². The summed E-state index contributed by atoms with van der Waals surface area (Å²) in [6.07, 6.45) is -2.30. The fraction of sp³-hybridized carbons (Fsp3) is 1.00. The van der Waals surface area contributed by atoms with E-state index in [2.05, 4.69) is 10.6 Å². The fourth-order valence-electron chi connectivity index (χ4n) is 0.851. The average molecular weight is 206 g/mol. The van der Waals surface area contributed by atoms with E-state index in [4.69, 9.17) is 0 Å². The smallest absolute Gasteiger partial charge is 0.101 e. The molecule has 2 N–H and O–H groups in total. The second-order valence-electron chi connectivity index (χ2n) is 2.98. The Hall–Kier alpha value is -1.28. The summed E-state index contributed by atoms with van der Waals surface area (Å²) in [7, 11) is 2.73. The van der Waals surface area contributed by atoms with Gasteiger partial charge in [-0.05, 0) is 0 Å². The summed E-state index contributed by atoms with van der Waals surface area (Å²) in [6, 6.07) is 0. The molecule has 14 heavy (non-hydrogen) atoms. The van der Waals surface area contributed by atoms with E-state index in [0.29, 0.717) is 0 Å². The Balaban J connectivity index is 3.91. The number of likely N-dealkylation sites (N-methyl/N-ethyl adjacent to an activating group) is 2. The van der Waals surface area contributed by atoms with Gasteiger partial charge in [-0.15, -0.1) is 9.81 Å². The molecule has 82 valence electrons. The number of hydrogen-bond donors (Lipinski definition) is 2. The number of nitroso groups, excluding NO2 is 2. The third-order valence-electron chi connectivity index (χ3n) is 1.63. The van der Waals surface area contributed by atoms with Crippen LogP contribution < -0.4 is 0 Å². The Morgan fingerprint density at radius 3 is 1.50 bits per heavy atom. The first-order valence-electron chi connectivity index (χ1n) is 3.96. The summed E-state index contributed by atoms with van der Waals surface area (Å²) in [6.45, 7) is -0.200. The Bertz CT molecular complexity index is 171. The number of nitrogens with zero attached hydrogens (tertiary/aromatic N) is 4. The molecule has 0 bridgehead atoms. The van der Waals surface area contributed by atoms with Gasteiger partial charge in [0, 0.05) is 14.1 Å². The Morgan fingerprint density at radius 2 is 1.29 bits per heavy atom. The van der Waals surface area contributed by atoms with Crippen LogP contribution in [0, 0.1) is 9.81 Å². The van der Waals surface area contributed by atoms with E-state index in [9.17, 15) is 20.0 Å². The lowest BCUT2D eigenvalue weighted by Gasteiger charge is -2.21. The molecule has 2 atom stereocenters. The molecule has 0 aliphatic heterocycles. The SMILES string of the molecule is CN(C[C@@H](O)[C@H](O)CN(C)N=O)N=O. The summed E-state index contributed by atoms with van der Waals surface area (Å²) in [4.78, 5) is 19.9. The van der Waals surface area contributed by atoms with Crippen molar-refractivity contribution in [3.63, 3.8) is 0 Å². The molecule has 0 rings (SSSR count). The first kappa shape index (κ1) is 12.7. The molecule has 0 aromatic rings. The molecule has 0 heterocycles. The monoisotopic (exact) mass is 206 g/mol. The van der Waals surface area contributed by atoms with Gasteiger partial charge >= 0.3 is 0 Å². The van der Waals surface area contributed by atoms with E-state index in [1.807, 2.05) is 0 Å². The second-order valence-corrected chi connectivity index (χ2v) is 2.98. The molecular weight excluding hydrogens is 192 g/mol. The molecule has 0 aromatic heterocycles. The summed E-state index contributed by atoms with van der Waals surface area (Å²) in [5.41, 5.74) is 0. The van der Waals surface area contributed by atoms with Crippen molar-refractivity contribution in [3.05, 3.63) is 9.81 Å². The maximum Gasteiger partial charge on any atom is 0.101 e. The lowest BCUT2D eigenvalue weighted by atomic mass is 10.2. The maximum atomic E-state index is 9.95. The van der Waals surface area contributed by atoms with Gasteiger partial charge in [-0.3, -0.25) is 10.0 Å². The van der Waals surface area contributed by atoms with Gasteiger partial charge in [0.25, 0.3) is 0 Å². The van der Waals surface area contributed by atoms with Crippen molar-refractivity contribution < 1.29 is 10.2 Å². The van der Waals surface area contributed by atoms with Crippen LogP contribution in [-0.2, 0) is 0 Å². The van der Waals surface area contributed by atoms with E-state index in [-0.39, 0.29) is 13.1 Å². The van der Waals surface area contributed by atoms with Crippen LogP contribution in [0.1, 0.15) is 0 Å². The molecule has 0 amide bonds. The van der Waals surface area contributed by atoms with Gasteiger partial charge < -0.3 is 10.2 Å². The minimum Gasteiger partial charge on any atom is -0.388 e. The largest absolute Gasteiger partial charge is 0.388 e. The quantitative estimate of drug-likeness (QED) is 0.406. The first-order valence-corrected chi connectivity index (χ1v) is 3.96. The van der Waals surface area contributed by atoms with Gasteiger partial charge in [0.15, 0.2) is 0 Å². The third-order valence-corrected chi connectivity index (χ3v) is 1.63. The van der Waals surface area contributed by atoms with Crippen molar-refractivity contribution in [2.24, 2.45) is 10.6 Å². The molecule has 0 radical (unpaired) electrons. The van der Waals surface area contributed by atoms with Crippen molar-refractivity contribution >= 4 is 0 Å². The molecule has 0 fully saturated rings. The van der Waals surface area contributed by atoms with E-state index in [1.54, 1.807) is 0 Å². The molecule has 0 saturated carbocycles. The summed E-state index contributed by atoms with van der Waals surface area (Å²) in [5, 5.41) is 25.5. The third kappa shape index (κ3) is 4.67. The van der Waals surface area contributed by atoms with Crippen LogP contribution in [0.5, 0.6) is 0 Å². The van der Waals surface area contributed by atoms with Crippen LogP contribution >= 0.6 is 0 Å². The lowest BCUT2D eigenvalue weighted by Crippen LogP contribution is -2.40. The molecule has 8 heteroatoms. The van der Waals surface area contributed by atoms with Crippen LogP contribution in [0.15, 0.2) is 10.6 Å². The molecule has 0 aromatic carbocycles. The Morgan fingerprint density at radius 1 is 1.00 bits per heavy atom. The van der Waals surface area contributed by atoms with Crippen LogP contribution in [0.25, 0.3) is 0 Å². The molecule has 8 nitrogen and oxygen atoms in total. The summed E-state index contributed by atoms with van der Waals surface area (Å²) < 4.78 is 0. The van der Waals surface area contributed by atoms with Crippen LogP contribution in [-0.4, -0.2) is 59.6 Å². The molecule has 0 unspecified atom stereocenters. The van der Waals surface area contributed by atoms with Gasteiger partial charge in [0.2, 0.25) is 0 Å². The minimum absolute atomic E-state index is 0.0998. The predicted molar refractivity (Wildman–Crippen MR) is 48.9 cm³/mol. The molecule has 0 aliphatic carbocycles. The van der Waals surface area contributed by atoms with Crippen molar-refractivity contribution in [1.82, 2.24) is 10.0 Å². The zero-order valence-electron chi connectivity index (χ0n) is 8.07. The number of aliphatic hydroxyl groups excluding tert-OH is 2. The maximum absolute atomic E-state index is 9.95. The van der Waals surface area contributed by atoms with E-state index >= 15 is 0 Å². The van der Waals surface area contributed by atoms with Crippen molar-refractivity contribution in [2.45, 2.75) is 12.2 Å². The minimum atomic E-state index is -1.15. The van der Waals surface area contributed by atoms with Crippen molar-refractivity contribution in [2.75, 3.05) is 27.2 Å². The highest BCUT2D eigenvalue weighted by molar-refractivity contribution is 4.71. The highest BCUT2D eigenvalue weighted by Gasteiger charge is 2.19. The van der Waals surface area contributed by atoms with Crippen molar-refractivity contribution in [1.29, 1.82) is 0 Å². The van der Waals surface area contributed by atoms with E-state index < -0.39 is 12.2 Å². The van der Waals surface area contributed by atoms with Gasteiger partial charge in [0.1, 0.15) is 12.2 Å². The number of rotatable bonds is 7. The highest BCUT2D eigenvalue weighted by atomic mass is 16.3. The van der Waals surface area contributed by atoms with Gasteiger partial charge in [0.05, 0.1) is 23.7 Å². The molecular formula is C6H14N4O4. The van der Waals surface area contributed by atoms with Crippen LogP contribution in [0.2, 0.25) is 0 Å². The number of aliphatic hydroxyl groups is 2. The van der Waals surface area contributed by atoms with E-state index in [0.717, 1.165) is 10.0 Å². The Labute approximate surface area is 81.0 Å². The highest BCUT2D eigenvalue weighted by Crippen LogP contribution is 1.99. The molecule has 0 saturated heterocycles. The summed E-state index contributed by atoms with van der Waals surface area (Å²) >= 11 is 0. The average Bonchev–Trinajstić information content (AvgIpc) is 2.17.